The smallest absolute Gasteiger partial charge is 0.0907 e. The number of benzene rings is 1. The van der Waals surface area contributed by atoms with Gasteiger partial charge in [-0.25, -0.2) is 4.98 Å². The van der Waals surface area contributed by atoms with Crippen LogP contribution in [0.3, 0.4) is 0 Å². The Balaban J connectivity index is 2.30. The van der Waals surface area contributed by atoms with Gasteiger partial charge in [-0.1, -0.05) is 0 Å². The number of methoxy groups -OCH3 is 1. The van der Waals surface area contributed by atoms with Gasteiger partial charge < -0.3 is 15.8 Å². The summed E-state index contributed by atoms with van der Waals surface area (Å²) in [5, 5.41) is 4.38. The Morgan fingerprint density at radius 3 is 3.00 bits per heavy atom. The van der Waals surface area contributed by atoms with Crippen molar-refractivity contribution in [3.05, 3.63) is 17.1 Å². The van der Waals surface area contributed by atoms with Crippen molar-refractivity contribution in [1.29, 1.82) is 0 Å². The molecule has 1 unspecified atom stereocenters. The van der Waals surface area contributed by atoms with E-state index in [-0.39, 0.29) is 6.04 Å². The Hall–Kier alpha value is -1.33. The summed E-state index contributed by atoms with van der Waals surface area (Å²) in [6, 6.07) is 4.20. The fourth-order valence-corrected chi connectivity index (χ4v) is 2.64. The number of hydrogen-bond acceptors (Lipinski definition) is 5. The summed E-state index contributed by atoms with van der Waals surface area (Å²) >= 11 is 1.66. The number of nitrogens with zero attached hydrogens (tertiary/aromatic N) is 1. The van der Waals surface area contributed by atoms with Crippen molar-refractivity contribution in [2.75, 3.05) is 24.8 Å². The van der Waals surface area contributed by atoms with E-state index in [1.165, 1.54) is 0 Å². The van der Waals surface area contributed by atoms with Crippen molar-refractivity contribution in [2.24, 2.45) is 0 Å². The third-order valence-corrected chi connectivity index (χ3v) is 3.42. The lowest BCUT2D eigenvalue weighted by atomic mass is 10.2. The van der Waals surface area contributed by atoms with E-state index in [0.29, 0.717) is 6.61 Å². The lowest BCUT2D eigenvalue weighted by Gasteiger charge is -2.15. The molecule has 0 aliphatic rings. The van der Waals surface area contributed by atoms with Crippen LogP contribution in [0.5, 0.6) is 0 Å². The summed E-state index contributed by atoms with van der Waals surface area (Å²) in [6.07, 6.45) is 0. The fraction of sp³-hybridized carbons (Fsp3) is 0.417. The van der Waals surface area contributed by atoms with E-state index in [1.807, 2.05) is 19.1 Å². The van der Waals surface area contributed by atoms with E-state index in [4.69, 9.17) is 10.5 Å². The van der Waals surface area contributed by atoms with Gasteiger partial charge in [-0.3, -0.25) is 0 Å². The van der Waals surface area contributed by atoms with Crippen molar-refractivity contribution >= 4 is 32.9 Å². The van der Waals surface area contributed by atoms with E-state index < -0.39 is 0 Å². The van der Waals surface area contributed by atoms with Crippen molar-refractivity contribution in [2.45, 2.75) is 19.9 Å². The fourth-order valence-electron chi connectivity index (χ4n) is 1.79. The van der Waals surface area contributed by atoms with Crippen LogP contribution in [0, 0.1) is 6.92 Å². The number of nitrogens with one attached hydrogen (secondary N) is 1. The summed E-state index contributed by atoms with van der Waals surface area (Å²) in [7, 11) is 1.69. The van der Waals surface area contributed by atoms with Crippen LogP contribution in [0.2, 0.25) is 0 Å². The first-order valence-corrected chi connectivity index (χ1v) is 6.34. The van der Waals surface area contributed by atoms with Crippen LogP contribution in [-0.2, 0) is 4.74 Å². The van der Waals surface area contributed by atoms with Gasteiger partial charge in [-0.15, -0.1) is 11.3 Å². The number of anilines is 2. The van der Waals surface area contributed by atoms with E-state index in [9.17, 15) is 0 Å². The summed E-state index contributed by atoms with van der Waals surface area (Å²) in [5.41, 5.74) is 8.69. The van der Waals surface area contributed by atoms with Gasteiger partial charge in [0.15, 0.2) is 0 Å². The molecule has 0 fully saturated rings. The minimum Gasteiger partial charge on any atom is -0.397 e. The van der Waals surface area contributed by atoms with Crippen LogP contribution in [0.25, 0.3) is 10.2 Å². The normalized spacial score (nSPS) is 12.9. The van der Waals surface area contributed by atoms with Crippen LogP contribution in [0.15, 0.2) is 12.1 Å². The molecule has 0 spiro atoms. The van der Waals surface area contributed by atoms with Crippen LogP contribution < -0.4 is 11.1 Å². The summed E-state index contributed by atoms with van der Waals surface area (Å²) in [5.74, 6) is 0. The van der Waals surface area contributed by atoms with E-state index in [1.54, 1.807) is 18.4 Å². The van der Waals surface area contributed by atoms with E-state index in [2.05, 4.69) is 17.2 Å². The zero-order chi connectivity index (χ0) is 12.4. The Kier molecular flexibility index (Phi) is 3.49. The molecule has 0 aliphatic heterocycles. The van der Waals surface area contributed by atoms with Gasteiger partial charge in [-0.2, -0.15) is 0 Å². The Labute approximate surface area is 105 Å². The first-order valence-electron chi connectivity index (χ1n) is 5.52. The van der Waals surface area contributed by atoms with Crippen LogP contribution in [-0.4, -0.2) is 24.7 Å². The molecule has 2 aromatic rings. The summed E-state index contributed by atoms with van der Waals surface area (Å²) < 4.78 is 6.22. The quantitative estimate of drug-likeness (QED) is 0.820. The number of rotatable bonds is 4. The lowest BCUT2D eigenvalue weighted by molar-refractivity contribution is 0.190. The van der Waals surface area contributed by atoms with Gasteiger partial charge in [-0.05, 0) is 26.0 Å². The Morgan fingerprint density at radius 2 is 2.29 bits per heavy atom. The molecule has 0 amide bonds. The molecule has 4 nitrogen and oxygen atoms in total. The molecule has 5 heteroatoms. The number of nitrogens with two attached hydrogens (primary N) is 1. The molecule has 1 aromatic carbocycles. The Morgan fingerprint density at radius 1 is 1.53 bits per heavy atom. The van der Waals surface area contributed by atoms with Crippen molar-refractivity contribution in [3.8, 4) is 0 Å². The van der Waals surface area contributed by atoms with E-state index >= 15 is 0 Å². The molecular formula is C12H17N3OS. The van der Waals surface area contributed by atoms with Gasteiger partial charge in [0.2, 0.25) is 0 Å². The third-order valence-electron chi connectivity index (χ3n) is 2.49. The van der Waals surface area contributed by atoms with E-state index in [0.717, 1.165) is 26.6 Å². The number of aromatic nitrogens is 1. The number of ether oxygens (including phenoxy) is 1. The van der Waals surface area contributed by atoms with Gasteiger partial charge in [0.05, 0.1) is 33.2 Å². The standard InChI is InChI=1S/C12H17N3OS/c1-7(6-16-3)14-10-5-11-12(4-9(10)13)17-8(2)15-11/h4-5,7,14H,6,13H2,1-3H3. The SMILES string of the molecule is COCC(C)Nc1cc2nc(C)sc2cc1N. The summed E-state index contributed by atoms with van der Waals surface area (Å²) in [6.45, 7) is 4.70. The molecule has 0 radical (unpaired) electrons. The summed E-state index contributed by atoms with van der Waals surface area (Å²) in [4.78, 5) is 4.46. The van der Waals surface area contributed by atoms with Gasteiger partial charge in [0.1, 0.15) is 0 Å². The molecule has 0 aliphatic carbocycles. The number of aryl methyl sites for hydroxylation is 1. The highest BCUT2D eigenvalue weighted by molar-refractivity contribution is 7.18. The van der Waals surface area contributed by atoms with Crippen LogP contribution in [0.1, 0.15) is 11.9 Å². The predicted octanol–water partition coefficient (Wildman–Crippen LogP) is 2.63. The predicted molar refractivity (Wildman–Crippen MR) is 73.7 cm³/mol. The molecule has 3 N–H and O–H groups in total. The average Bonchev–Trinajstić information content (AvgIpc) is 2.58. The molecule has 0 saturated heterocycles. The Bertz CT molecular complexity index is 524. The van der Waals surface area contributed by atoms with Gasteiger partial charge in [0.25, 0.3) is 0 Å². The molecule has 1 aromatic heterocycles. The second-order valence-electron chi connectivity index (χ2n) is 4.14. The highest BCUT2D eigenvalue weighted by atomic mass is 32.1. The molecule has 17 heavy (non-hydrogen) atoms. The van der Waals surface area contributed by atoms with Crippen LogP contribution >= 0.6 is 11.3 Å². The second kappa shape index (κ2) is 4.89. The zero-order valence-corrected chi connectivity index (χ0v) is 11.1. The minimum atomic E-state index is 0.222. The zero-order valence-electron chi connectivity index (χ0n) is 10.3. The van der Waals surface area contributed by atoms with Crippen molar-refractivity contribution < 1.29 is 4.74 Å². The number of fused-ring (bicyclic) bond motifs is 1. The largest absolute Gasteiger partial charge is 0.397 e. The maximum atomic E-state index is 6.02. The number of hydrogen-bond donors (Lipinski definition) is 2. The van der Waals surface area contributed by atoms with Crippen molar-refractivity contribution in [3.63, 3.8) is 0 Å². The molecule has 0 saturated carbocycles. The molecule has 2 rings (SSSR count). The molecule has 92 valence electrons. The first-order chi connectivity index (χ1) is 8.10. The maximum absolute atomic E-state index is 6.02. The highest BCUT2D eigenvalue weighted by Gasteiger charge is 2.08. The minimum absolute atomic E-state index is 0.222. The monoisotopic (exact) mass is 251 g/mol. The third kappa shape index (κ3) is 2.68. The number of thiazole rings is 1. The molecule has 1 heterocycles. The molecular weight excluding hydrogens is 234 g/mol. The second-order valence-corrected chi connectivity index (χ2v) is 5.38. The van der Waals surface area contributed by atoms with Crippen LogP contribution in [0.4, 0.5) is 11.4 Å². The maximum Gasteiger partial charge on any atom is 0.0907 e. The molecule has 1 atom stereocenters. The van der Waals surface area contributed by atoms with Gasteiger partial charge >= 0.3 is 0 Å². The average molecular weight is 251 g/mol. The topological polar surface area (TPSA) is 60.2 Å². The van der Waals surface area contributed by atoms with Gasteiger partial charge in [0, 0.05) is 13.2 Å². The molecule has 0 bridgehead atoms. The highest BCUT2D eigenvalue weighted by Crippen LogP contribution is 2.29. The lowest BCUT2D eigenvalue weighted by Crippen LogP contribution is -2.21. The van der Waals surface area contributed by atoms with Crippen molar-refractivity contribution in [1.82, 2.24) is 4.98 Å². The first kappa shape index (κ1) is 12.1. The number of nitrogen functional groups attached to an aromatic ring is 1.